The van der Waals surface area contributed by atoms with Crippen molar-refractivity contribution in [2.24, 2.45) is 0 Å². The van der Waals surface area contributed by atoms with Crippen LogP contribution in [0.1, 0.15) is 17.0 Å². The topological polar surface area (TPSA) is 0 Å². The Morgan fingerprint density at radius 1 is 0.767 bits per heavy atom. The lowest BCUT2D eigenvalue weighted by atomic mass is 9.87. The number of rotatable bonds is 2. The Hall–Kier alpha value is -2.74. The smallest absolute Gasteiger partial charge is 0.0455 e. The van der Waals surface area contributed by atoms with Crippen LogP contribution in [0.5, 0.6) is 0 Å². The van der Waals surface area contributed by atoms with Gasteiger partial charge in [0.1, 0.15) is 0 Å². The van der Waals surface area contributed by atoms with Gasteiger partial charge < -0.3 is 0 Å². The molecule has 0 saturated carbocycles. The fourth-order valence-electron chi connectivity index (χ4n) is 4.65. The second-order valence-corrected chi connectivity index (χ2v) is 9.48. The number of hydrogen-bond donors (Lipinski definition) is 0. The Morgan fingerprint density at radius 2 is 1.57 bits per heavy atom. The first-order valence-electron chi connectivity index (χ1n) is 10.2. The first kappa shape index (κ1) is 18.1. The van der Waals surface area contributed by atoms with Crippen molar-refractivity contribution in [3.63, 3.8) is 0 Å². The number of thioether (sulfide) groups is 1. The van der Waals surface area contributed by atoms with Crippen LogP contribution in [0.2, 0.25) is 5.02 Å². The first-order chi connectivity index (χ1) is 14.8. The zero-order valence-electron chi connectivity index (χ0n) is 16.3. The van der Waals surface area contributed by atoms with Crippen molar-refractivity contribution in [2.75, 3.05) is 0 Å². The summed E-state index contributed by atoms with van der Waals surface area (Å²) < 4.78 is 0. The molecule has 0 saturated heterocycles. The van der Waals surface area contributed by atoms with E-state index in [4.69, 9.17) is 11.6 Å². The lowest BCUT2D eigenvalue weighted by Gasteiger charge is -2.20. The van der Waals surface area contributed by atoms with E-state index in [1.807, 2.05) is 23.9 Å². The van der Waals surface area contributed by atoms with Crippen LogP contribution in [0.15, 0.2) is 108 Å². The molecule has 2 aliphatic rings. The highest BCUT2D eigenvalue weighted by Crippen LogP contribution is 2.51. The minimum absolute atomic E-state index is 0.365. The van der Waals surface area contributed by atoms with Gasteiger partial charge in [-0.2, -0.15) is 0 Å². The molecule has 0 amide bonds. The van der Waals surface area contributed by atoms with Gasteiger partial charge in [0.15, 0.2) is 0 Å². The monoisotopic (exact) mass is 422 g/mol. The zero-order chi connectivity index (χ0) is 20.1. The molecule has 0 nitrogen and oxygen atoms in total. The third-order valence-corrected chi connectivity index (χ3v) is 7.73. The molecule has 144 valence electrons. The summed E-state index contributed by atoms with van der Waals surface area (Å²) in [6, 6.07) is 30.3. The maximum atomic E-state index is 6.51. The van der Waals surface area contributed by atoms with Gasteiger partial charge in [0.25, 0.3) is 0 Å². The Morgan fingerprint density at radius 3 is 2.53 bits per heavy atom. The summed E-state index contributed by atoms with van der Waals surface area (Å²) >= 11 is 8.43. The lowest BCUT2D eigenvalue weighted by Crippen LogP contribution is -2.09. The van der Waals surface area contributed by atoms with E-state index < -0.39 is 0 Å². The summed E-state index contributed by atoms with van der Waals surface area (Å²) in [6.45, 7) is 0. The summed E-state index contributed by atoms with van der Waals surface area (Å²) in [4.78, 5) is 1.31. The van der Waals surface area contributed by atoms with Crippen molar-refractivity contribution < 1.29 is 0 Å². The van der Waals surface area contributed by atoms with E-state index in [2.05, 4.69) is 91.0 Å². The van der Waals surface area contributed by atoms with Crippen LogP contribution in [-0.4, -0.2) is 5.25 Å². The van der Waals surface area contributed by atoms with Crippen LogP contribution >= 0.6 is 23.4 Å². The highest BCUT2D eigenvalue weighted by Gasteiger charge is 2.33. The van der Waals surface area contributed by atoms with E-state index in [-0.39, 0.29) is 0 Å². The predicted molar refractivity (Wildman–Crippen MR) is 130 cm³/mol. The number of hydrogen-bond acceptors (Lipinski definition) is 1. The standard InChI is InChI=1S/C28H19ClS/c29-25-12-5-13-26-28(25)24-15-14-20(17-27(24)30-26)19-8-3-9-21(16-19)23-11-4-7-18-6-1-2-10-22(18)23/h1-17,24,27H. The van der Waals surface area contributed by atoms with Gasteiger partial charge in [-0.1, -0.05) is 96.6 Å². The lowest BCUT2D eigenvalue weighted by molar-refractivity contribution is 0.884. The summed E-state index contributed by atoms with van der Waals surface area (Å²) in [6.07, 6.45) is 7.01. The van der Waals surface area contributed by atoms with Crippen LogP contribution in [-0.2, 0) is 0 Å². The number of allylic oxidation sites excluding steroid dienone is 3. The minimum atomic E-state index is 0.365. The van der Waals surface area contributed by atoms with Gasteiger partial charge in [-0.15, -0.1) is 11.8 Å². The molecule has 0 radical (unpaired) electrons. The van der Waals surface area contributed by atoms with Crippen LogP contribution in [0, 0.1) is 0 Å². The van der Waals surface area contributed by atoms with Gasteiger partial charge in [0.2, 0.25) is 0 Å². The molecule has 30 heavy (non-hydrogen) atoms. The number of halogens is 1. The molecule has 0 fully saturated rings. The SMILES string of the molecule is Clc1cccc2c1C1C=CC(c3cccc(-c4cccc5ccccc45)c3)=CC1S2. The summed E-state index contributed by atoms with van der Waals surface area (Å²) in [5.74, 6) is 0.365. The second kappa shape index (κ2) is 7.19. The average molecular weight is 423 g/mol. The molecule has 4 aromatic rings. The largest absolute Gasteiger partial charge is 0.117 e. The third-order valence-electron chi connectivity index (χ3n) is 6.09. The molecule has 2 unspecified atom stereocenters. The van der Waals surface area contributed by atoms with E-state index in [0.717, 1.165) is 5.02 Å². The fraction of sp³-hybridized carbons (Fsp3) is 0.0714. The fourth-order valence-corrected chi connectivity index (χ4v) is 6.41. The van der Waals surface area contributed by atoms with Gasteiger partial charge in [-0.3, -0.25) is 0 Å². The average Bonchev–Trinajstić information content (AvgIpc) is 3.18. The second-order valence-electron chi connectivity index (χ2n) is 7.85. The van der Waals surface area contributed by atoms with Crippen molar-refractivity contribution in [1.29, 1.82) is 0 Å². The number of fused-ring (bicyclic) bond motifs is 4. The number of benzene rings is 4. The summed E-state index contributed by atoms with van der Waals surface area (Å²) in [7, 11) is 0. The molecule has 0 bridgehead atoms. The van der Waals surface area contributed by atoms with Crippen LogP contribution < -0.4 is 0 Å². The van der Waals surface area contributed by atoms with Gasteiger partial charge in [-0.05, 0) is 56.8 Å². The van der Waals surface area contributed by atoms with Crippen molar-refractivity contribution in [1.82, 2.24) is 0 Å². The minimum Gasteiger partial charge on any atom is -0.117 e. The van der Waals surface area contributed by atoms with Crippen LogP contribution in [0.4, 0.5) is 0 Å². The highest BCUT2D eigenvalue weighted by molar-refractivity contribution is 8.00. The Bertz CT molecular complexity index is 1340. The molecular formula is C28H19ClS. The van der Waals surface area contributed by atoms with Crippen molar-refractivity contribution in [3.8, 4) is 11.1 Å². The Balaban J connectivity index is 1.39. The van der Waals surface area contributed by atoms with E-state index in [1.54, 1.807) is 0 Å². The van der Waals surface area contributed by atoms with Gasteiger partial charge >= 0.3 is 0 Å². The molecular weight excluding hydrogens is 404 g/mol. The van der Waals surface area contributed by atoms with Crippen molar-refractivity contribution in [2.45, 2.75) is 16.1 Å². The maximum absolute atomic E-state index is 6.51. The van der Waals surface area contributed by atoms with E-state index in [9.17, 15) is 0 Å². The van der Waals surface area contributed by atoms with E-state index in [1.165, 1.54) is 43.5 Å². The zero-order valence-corrected chi connectivity index (χ0v) is 17.8. The molecule has 2 heteroatoms. The van der Waals surface area contributed by atoms with Gasteiger partial charge in [0.05, 0.1) is 0 Å². The van der Waals surface area contributed by atoms with E-state index >= 15 is 0 Å². The summed E-state index contributed by atoms with van der Waals surface area (Å²) in [5, 5.41) is 3.85. The van der Waals surface area contributed by atoms with Crippen LogP contribution in [0.25, 0.3) is 27.5 Å². The molecule has 1 heterocycles. The third kappa shape index (κ3) is 2.93. The Kier molecular flexibility index (Phi) is 4.33. The molecule has 0 aromatic heterocycles. The van der Waals surface area contributed by atoms with Crippen molar-refractivity contribution in [3.05, 3.63) is 119 Å². The van der Waals surface area contributed by atoms with Gasteiger partial charge in [0, 0.05) is 21.1 Å². The van der Waals surface area contributed by atoms with E-state index in [0.29, 0.717) is 11.2 Å². The Labute approximate surface area is 185 Å². The molecule has 2 atom stereocenters. The molecule has 6 rings (SSSR count). The summed E-state index contributed by atoms with van der Waals surface area (Å²) in [5.41, 5.74) is 6.37. The van der Waals surface area contributed by atoms with Crippen molar-refractivity contribution >= 4 is 39.7 Å². The van der Waals surface area contributed by atoms with Crippen LogP contribution in [0.3, 0.4) is 0 Å². The first-order valence-corrected chi connectivity index (χ1v) is 11.5. The predicted octanol–water partition coefficient (Wildman–Crippen LogP) is 8.37. The molecule has 0 N–H and O–H groups in total. The molecule has 1 aliphatic heterocycles. The highest BCUT2D eigenvalue weighted by atomic mass is 35.5. The maximum Gasteiger partial charge on any atom is 0.0455 e. The molecule has 1 aliphatic carbocycles. The quantitative estimate of drug-likeness (QED) is 0.312. The normalized spacial score (nSPS) is 19.4. The molecule has 4 aromatic carbocycles. The van der Waals surface area contributed by atoms with Gasteiger partial charge in [-0.25, -0.2) is 0 Å². The molecule has 0 spiro atoms.